The highest BCUT2D eigenvalue weighted by Gasteiger charge is 2.12. The number of carbonyl (C=O) groups is 2. The highest BCUT2D eigenvalue weighted by atomic mass is 32.1. The molecular formula is C19H18N2O4S. The van der Waals surface area contributed by atoms with Gasteiger partial charge in [-0.25, -0.2) is 9.78 Å². The first-order valence-corrected chi connectivity index (χ1v) is 8.91. The molecular weight excluding hydrogens is 352 g/mol. The van der Waals surface area contributed by atoms with Crippen LogP contribution in [-0.4, -0.2) is 30.6 Å². The number of nitrogens with zero attached hydrogens (tertiary/aromatic N) is 1. The summed E-state index contributed by atoms with van der Waals surface area (Å²) in [7, 11) is 1.59. The van der Waals surface area contributed by atoms with Crippen molar-refractivity contribution in [2.75, 3.05) is 19.0 Å². The molecule has 2 aromatic carbocycles. The molecule has 0 saturated heterocycles. The first-order chi connectivity index (χ1) is 12.6. The van der Waals surface area contributed by atoms with E-state index in [2.05, 4.69) is 10.3 Å². The molecule has 0 spiro atoms. The molecule has 0 aliphatic heterocycles. The quantitative estimate of drug-likeness (QED) is 0.670. The third-order valence-corrected chi connectivity index (χ3v) is 4.71. The molecule has 0 aliphatic carbocycles. The molecule has 1 amide bonds. The molecule has 134 valence electrons. The zero-order valence-electron chi connectivity index (χ0n) is 14.4. The Morgan fingerprint density at radius 3 is 2.62 bits per heavy atom. The Kier molecular flexibility index (Phi) is 5.48. The normalized spacial score (nSPS) is 10.5. The maximum atomic E-state index is 12.0. The molecule has 0 fully saturated rings. The lowest BCUT2D eigenvalue weighted by atomic mass is 10.1. The molecule has 3 aromatic rings. The standard InChI is InChI=1S/C19H18N2O4S/c1-3-12-4-6-13(7-5-12)18(23)25-11-17(22)21-19-20-15-9-8-14(24-2)10-16(15)26-19/h4-10H,3,11H2,1-2H3,(H,20,21,22). The van der Waals surface area contributed by atoms with Crippen LogP contribution in [0.3, 0.4) is 0 Å². The van der Waals surface area contributed by atoms with Crippen LogP contribution >= 0.6 is 11.3 Å². The van der Waals surface area contributed by atoms with Gasteiger partial charge in [0.15, 0.2) is 11.7 Å². The summed E-state index contributed by atoms with van der Waals surface area (Å²) >= 11 is 1.33. The highest BCUT2D eigenvalue weighted by Crippen LogP contribution is 2.29. The highest BCUT2D eigenvalue weighted by molar-refractivity contribution is 7.22. The first-order valence-electron chi connectivity index (χ1n) is 8.09. The zero-order valence-corrected chi connectivity index (χ0v) is 15.3. The Balaban J connectivity index is 1.57. The minimum absolute atomic E-state index is 0.367. The topological polar surface area (TPSA) is 77.5 Å². The summed E-state index contributed by atoms with van der Waals surface area (Å²) in [6.45, 7) is 1.67. The van der Waals surface area contributed by atoms with Gasteiger partial charge in [0.05, 0.1) is 22.9 Å². The van der Waals surface area contributed by atoms with Crippen molar-refractivity contribution in [2.45, 2.75) is 13.3 Å². The van der Waals surface area contributed by atoms with E-state index < -0.39 is 11.9 Å². The summed E-state index contributed by atoms with van der Waals surface area (Å²) in [5.74, 6) is -0.242. The smallest absolute Gasteiger partial charge is 0.338 e. The maximum Gasteiger partial charge on any atom is 0.338 e. The molecule has 0 radical (unpaired) electrons. The number of esters is 1. The van der Waals surface area contributed by atoms with Gasteiger partial charge in [0.1, 0.15) is 5.75 Å². The summed E-state index contributed by atoms with van der Waals surface area (Å²) in [6, 6.07) is 12.6. The average Bonchev–Trinajstić information content (AvgIpc) is 3.07. The van der Waals surface area contributed by atoms with E-state index in [1.165, 1.54) is 11.3 Å². The zero-order chi connectivity index (χ0) is 18.5. The fourth-order valence-corrected chi connectivity index (χ4v) is 3.24. The molecule has 3 rings (SSSR count). The third-order valence-electron chi connectivity index (χ3n) is 3.77. The number of rotatable bonds is 6. The molecule has 0 saturated carbocycles. The Bertz CT molecular complexity index is 934. The number of aromatic nitrogens is 1. The van der Waals surface area contributed by atoms with Crippen LogP contribution in [-0.2, 0) is 16.0 Å². The van der Waals surface area contributed by atoms with Gasteiger partial charge in [-0.3, -0.25) is 10.1 Å². The number of benzene rings is 2. The summed E-state index contributed by atoms with van der Waals surface area (Å²) in [6.07, 6.45) is 0.895. The number of hydrogen-bond donors (Lipinski definition) is 1. The lowest BCUT2D eigenvalue weighted by Crippen LogP contribution is -2.20. The molecule has 6 nitrogen and oxygen atoms in total. The number of anilines is 1. The van der Waals surface area contributed by atoms with Crippen molar-refractivity contribution in [3.63, 3.8) is 0 Å². The lowest BCUT2D eigenvalue weighted by Gasteiger charge is -2.05. The van der Waals surface area contributed by atoms with Crippen molar-refractivity contribution in [1.29, 1.82) is 0 Å². The summed E-state index contributed by atoms with van der Waals surface area (Å²) in [4.78, 5) is 28.3. The van der Waals surface area contributed by atoms with Gasteiger partial charge in [-0.05, 0) is 42.3 Å². The number of thiazole rings is 1. The van der Waals surface area contributed by atoms with E-state index in [1.54, 1.807) is 25.3 Å². The van der Waals surface area contributed by atoms with Gasteiger partial charge in [0.2, 0.25) is 0 Å². The summed E-state index contributed by atoms with van der Waals surface area (Å²) in [5, 5.41) is 3.09. The van der Waals surface area contributed by atoms with Crippen LogP contribution < -0.4 is 10.1 Å². The molecule has 1 heterocycles. The van der Waals surface area contributed by atoms with E-state index in [0.29, 0.717) is 10.7 Å². The Labute approximate surface area is 154 Å². The minimum Gasteiger partial charge on any atom is -0.497 e. The van der Waals surface area contributed by atoms with Gasteiger partial charge in [-0.15, -0.1) is 0 Å². The van der Waals surface area contributed by atoms with Crippen LogP contribution in [0.2, 0.25) is 0 Å². The molecule has 7 heteroatoms. The monoisotopic (exact) mass is 370 g/mol. The van der Waals surface area contributed by atoms with E-state index in [4.69, 9.17) is 9.47 Å². The minimum atomic E-state index is -0.531. The number of nitrogens with one attached hydrogen (secondary N) is 1. The fraction of sp³-hybridized carbons (Fsp3) is 0.211. The van der Waals surface area contributed by atoms with Crippen LogP contribution in [0.15, 0.2) is 42.5 Å². The number of methoxy groups -OCH3 is 1. The van der Waals surface area contributed by atoms with Gasteiger partial charge in [-0.1, -0.05) is 30.4 Å². The number of hydrogen-bond acceptors (Lipinski definition) is 6. The molecule has 0 unspecified atom stereocenters. The van der Waals surface area contributed by atoms with Crippen LogP contribution in [0.1, 0.15) is 22.8 Å². The van der Waals surface area contributed by atoms with E-state index in [9.17, 15) is 9.59 Å². The summed E-state index contributed by atoms with van der Waals surface area (Å²) in [5.41, 5.74) is 2.31. The van der Waals surface area contributed by atoms with Crippen LogP contribution in [0.25, 0.3) is 10.2 Å². The lowest BCUT2D eigenvalue weighted by molar-refractivity contribution is -0.119. The SMILES string of the molecule is CCc1ccc(C(=O)OCC(=O)Nc2nc3ccc(OC)cc3s2)cc1. The Morgan fingerprint density at radius 2 is 1.92 bits per heavy atom. The number of fused-ring (bicyclic) bond motifs is 1. The molecule has 1 N–H and O–H groups in total. The van der Waals surface area contributed by atoms with E-state index in [-0.39, 0.29) is 6.61 Å². The van der Waals surface area contributed by atoms with E-state index >= 15 is 0 Å². The second kappa shape index (κ2) is 7.97. The molecule has 1 aromatic heterocycles. The van der Waals surface area contributed by atoms with Crippen LogP contribution in [0, 0.1) is 0 Å². The Hall–Kier alpha value is -2.93. The predicted molar refractivity (Wildman–Crippen MR) is 101 cm³/mol. The number of aryl methyl sites for hydroxylation is 1. The van der Waals surface area contributed by atoms with Crippen LogP contribution in [0.4, 0.5) is 5.13 Å². The molecule has 0 atom stereocenters. The maximum absolute atomic E-state index is 12.0. The molecule has 0 bridgehead atoms. The third kappa shape index (κ3) is 4.18. The van der Waals surface area contributed by atoms with Crippen LogP contribution in [0.5, 0.6) is 5.75 Å². The van der Waals surface area contributed by atoms with Gasteiger partial charge >= 0.3 is 5.97 Å². The molecule has 0 aliphatic rings. The van der Waals surface area contributed by atoms with E-state index in [0.717, 1.165) is 28.0 Å². The molecule has 26 heavy (non-hydrogen) atoms. The number of amides is 1. The number of carbonyl (C=O) groups excluding carboxylic acids is 2. The van der Waals surface area contributed by atoms with Gasteiger partial charge in [-0.2, -0.15) is 0 Å². The van der Waals surface area contributed by atoms with Gasteiger partial charge in [0, 0.05) is 0 Å². The van der Waals surface area contributed by atoms with Gasteiger partial charge < -0.3 is 9.47 Å². The first kappa shape index (κ1) is 17.9. The van der Waals surface area contributed by atoms with E-state index in [1.807, 2.05) is 31.2 Å². The predicted octanol–water partition coefficient (Wildman–Crippen LogP) is 3.66. The second-order valence-electron chi connectivity index (χ2n) is 5.53. The average molecular weight is 370 g/mol. The van der Waals surface area contributed by atoms with Crippen molar-refractivity contribution in [3.05, 3.63) is 53.6 Å². The van der Waals surface area contributed by atoms with Crippen molar-refractivity contribution >= 4 is 38.6 Å². The number of ether oxygens (including phenoxy) is 2. The largest absolute Gasteiger partial charge is 0.497 e. The van der Waals surface area contributed by atoms with Gasteiger partial charge in [0.25, 0.3) is 5.91 Å². The fourth-order valence-electron chi connectivity index (χ4n) is 2.33. The van der Waals surface area contributed by atoms with Crippen molar-refractivity contribution in [3.8, 4) is 5.75 Å². The van der Waals surface area contributed by atoms with Crippen molar-refractivity contribution < 1.29 is 19.1 Å². The van der Waals surface area contributed by atoms with Crippen molar-refractivity contribution in [1.82, 2.24) is 4.98 Å². The van der Waals surface area contributed by atoms with Crippen molar-refractivity contribution in [2.24, 2.45) is 0 Å². The summed E-state index contributed by atoms with van der Waals surface area (Å²) < 4.78 is 11.1. The second-order valence-corrected chi connectivity index (χ2v) is 6.56. The Morgan fingerprint density at radius 1 is 1.15 bits per heavy atom.